The second kappa shape index (κ2) is 6.31. The third-order valence-electron chi connectivity index (χ3n) is 2.85. The first kappa shape index (κ1) is 12.8. The lowest BCUT2D eigenvalue weighted by Crippen LogP contribution is -2.27. The van der Waals surface area contributed by atoms with E-state index in [1.165, 1.54) is 6.42 Å². The van der Waals surface area contributed by atoms with E-state index in [2.05, 4.69) is 5.32 Å². The lowest BCUT2D eigenvalue weighted by Gasteiger charge is -2.20. The molecule has 1 amide bonds. The Morgan fingerprint density at radius 3 is 2.71 bits per heavy atom. The first-order chi connectivity index (χ1) is 8.29. The quantitative estimate of drug-likeness (QED) is 0.849. The van der Waals surface area contributed by atoms with Crippen molar-refractivity contribution in [1.29, 1.82) is 0 Å². The molecule has 1 aromatic carbocycles. The Morgan fingerprint density at radius 2 is 2.12 bits per heavy atom. The molecule has 0 aliphatic carbocycles. The number of alkyl halides is 1. The maximum absolute atomic E-state index is 12.0. The summed E-state index contributed by atoms with van der Waals surface area (Å²) >= 11 is 7.48. The molecule has 0 saturated carbocycles. The molecule has 0 aromatic heterocycles. The molecule has 0 bridgehead atoms. The molecule has 2 nitrogen and oxygen atoms in total. The minimum absolute atomic E-state index is 0.122. The molecule has 0 radical (unpaired) electrons. The van der Waals surface area contributed by atoms with Crippen LogP contribution in [0.15, 0.2) is 24.3 Å². The van der Waals surface area contributed by atoms with Crippen LogP contribution in [-0.4, -0.2) is 16.9 Å². The lowest BCUT2D eigenvalue weighted by atomic mass is 10.1. The average molecular weight is 270 g/mol. The molecule has 1 heterocycles. The van der Waals surface area contributed by atoms with Gasteiger partial charge in [-0.25, -0.2) is 0 Å². The number of carbonyl (C=O) groups is 1. The first-order valence-electron chi connectivity index (χ1n) is 5.87. The van der Waals surface area contributed by atoms with Crippen molar-refractivity contribution < 1.29 is 4.79 Å². The van der Waals surface area contributed by atoms with Gasteiger partial charge in [0.25, 0.3) is 0 Å². The number of thioether (sulfide) groups is 1. The van der Waals surface area contributed by atoms with E-state index >= 15 is 0 Å². The number of carbonyl (C=O) groups excluding carboxylic acids is 1. The Labute approximate surface area is 111 Å². The van der Waals surface area contributed by atoms with Crippen LogP contribution in [0.2, 0.25) is 0 Å². The minimum Gasteiger partial charge on any atom is -0.325 e. The summed E-state index contributed by atoms with van der Waals surface area (Å²) in [6.07, 6.45) is 3.39. The van der Waals surface area contributed by atoms with Gasteiger partial charge in [-0.1, -0.05) is 18.6 Å². The predicted molar refractivity (Wildman–Crippen MR) is 74.7 cm³/mol. The van der Waals surface area contributed by atoms with Gasteiger partial charge in [-0.05, 0) is 36.3 Å². The van der Waals surface area contributed by atoms with E-state index in [1.54, 1.807) is 11.8 Å². The van der Waals surface area contributed by atoms with Gasteiger partial charge in [-0.3, -0.25) is 4.79 Å². The molecule has 1 saturated heterocycles. The topological polar surface area (TPSA) is 29.1 Å². The van der Waals surface area contributed by atoms with Crippen molar-refractivity contribution in [2.24, 2.45) is 0 Å². The molecule has 2 rings (SSSR count). The Hall–Kier alpha value is -0.670. The van der Waals surface area contributed by atoms with Crippen molar-refractivity contribution in [1.82, 2.24) is 0 Å². The zero-order valence-electron chi connectivity index (χ0n) is 9.62. The van der Waals surface area contributed by atoms with E-state index in [9.17, 15) is 4.79 Å². The minimum atomic E-state index is 0.122. The van der Waals surface area contributed by atoms with Crippen molar-refractivity contribution in [2.45, 2.75) is 30.4 Å². The second-order valence-corrected chi connectivity index (χ2v) is 5.75. The zero-order chi connectivity index (χ0) is 12.1. The Kier molecular flexibility index (Phi) is 4.75. The molecular formula is C13H16ClNOS. The van der Waals surface area contributed by atoms with E-state index in [0.717, 1.165) is 29.8 Å². The number of nitrogens with one attached hydrogen (secondary N) is 1. The van der Waals surface area contributed by atoms with Crippen molar-refractivity contribution in [3.05, 3.63) is 29.8 Å². The molecule has 1 N–H and O–H groups in total. The van der Waals surface area contributed by atoms with Gasteiger partial charge in [0.15, 0.2) is 0 Å². The van der Waals surface area contributed by atoms with Gasteiger partial charge in [0.2, 0.25) is 5.91 Å². The summed E-state index contributed by atoms with van der Waals surface area (Å²) in [4.78, 5) is 12.0. The van der Waals surface area contributed by atoms with Crippen LogP contribution in [0, 0.1) is 0 Å². The summed E-state index contributed by atoms with van der Waals surface area (Å²) in [5.41, 5.74) is 1.92. The van der Waals surface area contributed by atoms with Crippen molar-refractivity contribution in [2.75, 3.05) is 11.1 Å². The van der Waals surface area contributed by atoms with Crippen molar-refractivity contribution >= 4 is 35.0 Å². The van der Waals surface area contributed by atoms with E-state index in [4.69, 9.17) is 11.6 Å². The van der Waals surface area contributed by atoms with Gasteiger partial charge in [0.1, 0.15) is 0 Å². The van der Waals surface area contributed by atoms with Crippen LogP contribution in [0.1, 0.15) is 24.8 Å². The molecule has 1 atom stereocenters. The highest BCUT2D eigenvalue weighted by molar-refractivity contribution is 8.00. The van der Waals surface area contributed by atoms with Gasteiger partial charge < -0.3 is 5.32 Å². The van der Waals surface area contributed by atoms with Crippen LogP contribution >= 0.6 is 23.4 Å². The summed E-state index contributed by atoms with van der Waals surface area (Å²) in [6, 6.07) is 7.69. The molecule has 17 heavy (non-hydrogen) atoms. The fourth-order valence-electron chi connectivity index (χ4n) is 1.85. The van der Waals surface area contributed by atoms with E-state index in [0.29, 0.717) is 5.88 Å². The average Bonchev–Trinajstić information content (AvgIpc) is 2.40. The van der Waals surface area contributed by atoms with Crippen LogP contribution in [0.3, 0.4) is 0 Å². The smallest absolute Gasteiger partial charge is 0.237 e. The number of halogens is 1. The molecule has 4 heteroatoms. The maximum atomic E-state index is 12.0. The highest BCUT2D eigenvalue weighted by Crippen LogP contribution is 2.26. The van der Waals surface area contributed by atoms with Crippen molar-refractivity contribution in [3.63, 3.8) is 0 Å². The lowest BCUT2D eigenvalue weighted by molar-refractivity contribution is -0.115. The van der Waals surface area contributed by atoms with Gasteiger partial charge in [0, 0.05) is 11.6 Å². The van der Waals surface area contributed by atoms with Gasteiger partial charge in [0.05, 0.1) is 5.25 Å². The summed E-state index contributed by atoms with van der Waals surface area (Å²) in [6.45, 7) is 0. The summed E-state index contributed by atoms with van der Waals surface area (Å²) in [5.74, 6) is 1.74. The summed E-state index contributed by atoms with van der Waals surface area (Å²) < 4.78 is 0. The summed E-state index contributed by atoms with van der Waals surface area (Å²) in [5, 5.41) is 3.08. The first-order valence-corrected chi connectivity index (χ1v) is 7.45. The molecule has 1 fully saturated rings. The maximum Gasteiger partial charge on any atom is 0.237 e. The van der Waals surface area contributed by atoms with Crippen LogP contribution in [0.5, 0.6) is 0 Å². The molecule has 1 aliphatic rings. The predicted octanol–water partition coefficient (Wildman–Crippen LogP) is 3.65. The van der Waals surface area contributed by atoms with E-state index in [1.807, 2.05) is 24.3 Å². The highest BCUT2D eigenvalue weighted by atomic mass is 35.5. The van der Waals surface area contributed by atoms with Gasteiger partial charge >= 0.3 is 0 Å². The van der Waals surface area contributed by atoms with E-state index < -0.39 is 0 Å². The number of benzene rings is 1. The third kappa shape index (κ3) is 3.65. The second-order valence-electron chi connectivity index (χ2n) is 4.18. The summed E-state index contributed by atoms with van der Waals surface area (Å²) in [7, 11) is 0. The molecule has 1 aromatic rings. The number of anilines is 1. The highest BCUT2D eigenvalue weighted by Gasteiger charge is 2.21. The van der Waals surface area contributed by atoms with Gasteiger partial charge in [-0.2, -0.15) is 0 Å². The number of amides is 1. The van der Waals surface area contributed by atoms with Crippen LogP contribution in [-0.2, 0) is 10.7 Å². The molecule has 1 aliphatic heterocycles. The molecule has 92 valence electrons. The normalized spacial score (nSPS) is 19.9. The fourth-order valence-corrected chi connectivity index (χ4v) is 3.22. The molecule has 1 unspecified atom stereocenters. The third-order valence-corrected chi connectivity index (χ3v) is 4.53. The van der Waals surface area contributed by atoms with E-state index in [-0.39, 0.29) is 11.2 Å². The number of hydrogen-bond donors (Lipinski definition) is 1. The van der Waals surface area contributed by atoms with Crippen molar-refractivity contribution in [3.8, 4) is 0 Å². The molecule has 0 spiro atoms. The van der Waals surface area contributed by atoms with Gasteiger partial charge in [-0.15, -0.1) is 23.4 Å². The number of rotatable bonds is 3. The molecular weight excluding hydrogens is 254 g/mol. The Balaban J connectivity index is 1.92. The van der Waals surface area contributed by atoms with Crippen LogP contribution in [0.4, 0.5) is 5.69 Å². The standard InChI is InChI=1S/C13H16ClNOS/c14-9-10-4-6-11(7-5-10)15-13(16)12-3-1-2-8-17-12/h4-7,12H,1-3,8-9H2,(H,15,16). The Morgan fingerprint density at radius 1 is 1.35 bits per heavy atom. The monoisotopic (exact) mass is 269 g/mol. The fraction of sp³-hybridized carbons (Fsp3) is 0.462. The number of hydrogen-bond acceptors (Lipinski definition) is 2. The van der Waals surface area contributed by atoms with Crippen LogP contribution in [0.25, 0.3) is 0 Å². The Bertz CT molecular complexity index is 374. The van der Waals surface area contributed by atoms with Crippen LogP contribution < -0.4 is 5.32 Å². The SMILES string of the molecule is O=C(Nc1ccc(CCl)cc1)C1CCCCS1. The largest absolute Gasteiger partial charge is 0.325 e. The zero-order valence-corrected chi connectivity index (χ0v) is 11.2.